The molecule has 0 aliphatic heterocycles. The Balaban J connectivity index is 5.05. The Morgan fingerprint density at radius 1 is 1.29 bits per heavy atom. The van der Waals surface area contributed by atoms with Crippen molar-refractivity contribution >= 4 is 14.3 Å². The molecule has 0 radical (unpaired) electrons. The molecule has 0 rings (SSSR count). The summed E-state index contributed by atoms with van der Waals surface area (Å²) in [5, 5.41) is 9.83. The van der Waals surface area contributed by atoms with Crippen LogP contribution in [-0.4, -0.2) is 38.7 Å². The van der Waals surface area contributed by atoms with Gasteiger partial charge < -0.3 is 14.3 Å². The normalized spacial score (nSPS) is 15.2. The van der Waals surface area contributed by atoms with E-state index in [9.17, 15) is 9.90 Å². The number of esters is 1. The first kappa shape index (κ1) is 20.1. The first-order valence-electron chi connectivity index (χ1n) is 7.10. The van der Waals surface area contributed by atoms with Crippen LogP contribution in [0.25, 0.3) is 0 Å². The number of carbonyl (C=O) groups excluding carboxylic acids is 1. The predicted molar refractivity (Wildman–Crippen MR) is 88.7 cm³/mol. The van der Waals surface area contributed by atoms with E-state index in [4.69, 9.17) is 4.43 Å². The highest BCUT2D eigenvalue weighted by Crippen LogP contribution is 2.39. The first-order chi connectivity index (χ1) is 9.33. The number of carbonyl (C=O) groups is 1. The van der Waals surface area contributed by atoms with Gasteiger partial charge in [-0.2, -0.15) is 0 Å². The molecule has 0 aliphatic carbocycles. The molecule has 0 fully saturated rings. The van der Waals surface area contributed by atoms with E-state index in [0.717, 1.165) is 5.57 Å². The van der Waals surface area contributed by atoms with Crippen LogP contribution < -0.4 is 0 Å². The quantitative estimate of drug-likeness (QED) is 0.444. The third-order valence-corrected chi connectivity index (χ3v) is 8.40. The lowest BCUT2D eigenvalue weighted by molar-refractivity contribution is -0.150. The Morgan fingerprint density at radius 2 is 1.76 bits per heavy atom. The van der Waals surface area contributed by atoms with E-state index in [0.29, 0.717) is 5.57 Å². The van der Waals surface area contributed by atoms with E-state index in [1.165, 1.54) is 7.11 Å². The van der Waals surface area contributed by atoms with Crippen molar-refractivity contribution < 1.29 is 19.1 Å². The number of aliphatic hydroxyl groups is 1. The summed E-state index contributed by atoms with van der Waals surface area (Å²) in [6, 6.07) is 0. The van der Waals surface area contributed by atoms with Crippen molar-refractivity contribution in [1.82, 2.24) is 0 Å². The Bertz CT molecular complexity index is 407. The molecule has 122 valence electrons. The lowest BCUT2D eigenvalue weighted by Gasteiger charge is -2.40. The summed E-state index contributed by atoms with van der Waals surface area (Å²) in [5.74, 6) is -0.663. The van der Waals surface area contributed by atoms with Crippen LogP contribution in [0.2, 0.25) is 18.1 Å². The zero-order valence-electron chi connectivity index (χ0n) is 14.4. The molecule has 4 nitrogen and oxygen atoms in total. The van der Waals surface area contributed by atoms with Gasteiger partial charge in [0.15, 0.2) is 14.4 Å². The van der Waals surface area contributed by atoms with Crippen molar-refractivity contribution in [3.8, 4) is 0 Å². The van der Waals surface area contributed by atoms with Crippen molar-refractivity contribution in [2.75, 3.05) is 7.11 Å². The summed E-state index contributed by atoms with van der Waals surface area (Å²) >= 11 is 0. The van der Waals surface area contributed by atoms with Crippen LogP contribution in [0.4, 0.5) is 0 Å². The Morgan fingerprint density at radius 3 is 2.10 bits per heavy atom. The van der Waals surface area contributed by atoms with Gasteiger partial charge in [-0.25, -0.2) is 4.79 Å². The third-order valence-electron chi connectivity index (χ3n) is 3.97. The number of methoxy groups -OCH3 is 1. The van der Waals surface area contributed by atoms with E-state index >= 15 is 0 Å². The predicted octanol–water partition coefficient (Wildman–Crippen LogP) is 3.43. The fourth-order valence-electron chi connectivity index (χ4n) is 1.58. The van der Waals surface area contributed by atoms with E-state index < -0.39 is 20.4 Å². The molecule has 0 aromatic carbocycles. The second kappa shape index (κ2) is 7.38. The summed E-state index contributed by atoms with van der Waals surface area (Å²) in [5.41, 5.74) is 1.46. The molecule has 21 heavy (non-hydrogen) atoms. The maximum atomic E-state index is 11.3. The molecule has 0 aliphatic rings. The first-order valence-corrected chi connectivity index (χ1v) is 10.0. The molecule has 1 N–H and O–H groups in total. The minimum Gasteiger partial charge on any atom is -0.467 e. The molecule has 0 aromatic heterocycles. The molecule has 0 saturated carbocycles. The molecule has 0 aromatic rings. The topological polar surface area (TPSA) is 55.8 Å². The molecule has 0 spiro atoms. The second-order valence-electron chi connectivity index (χ2n) is 7.01. The van der Waals surface area contributed by atoms with Gasteiger partial charge in [-0.1, -0.05) is 33.9 Å². The molecular formula is C16H30O4Si. The van der Waals surface area contributed by atoms with Crippen LogP contribution in [-0.2, 0) is 14.0 Å². The zero-order chi connectivity index (χ0) is 17.0. The molecule has 5 heteroatoms. The van der Waals surface area contributed by atoms with Gasteiger partial charge >= 0.3 is 5.97 Å². The summed E-state index contributed by atoms with van der Waals surface area (Å²) in [6.07, 6.45) is -1.46. The number of rotatable bonds is 7. The van der Waals surface area contributed by atoms with Crippen LogP contribution >= 0.6 is 0 Å². The van der Waals surface area contributed by atoms with Gasteiger partial charge in [0.1, 0.15) is 0 Å². The van der Waals surface area contributed by atoms with E-state index in [-0.39, 0.29) is 17.6 Å². The van der Waals surface area contributed by atoms with Gasteiger partial charge in [0.2, 0.25) is 0 Å². The highest BCUT2D eigenvalue weighted by Gasteiger charge is 2.40. The van der Waals surface area contributed by atoms with Crippen molar-refractivity contribution in [3.05, 3.63) is 24.3 Å². The minimum atomic E-state index is -2.00. The van der Waals surface area contributed by atoms with Gasteiger partial charge in [0, 0.05) is 6.42 Å². The molecule has 0 heterocycles. The Hall–Kier alpha value is -0.913. The highest BCUT2D eigenvalue weighted by atomic mass is 28.4. The highest BCUT2D eigenvalue weighted by molar-refractivity contribution is 6.74. The molecule has 2 atom stereocenters. The maximum Gasteiger partial charge on any atom is 0.335 e. The largest absolute Gasteiger partial charge is 0.467 e. The van der Waals surface area contributed by atoms with E-state index in [1.807, 2.05) is 6.92 Å². The summed E-state index contributed by atoms with van der Waals surface area (Å²) in [7, 11) is -0.753. The molecule has 0 unspecified atom stereocenters. The lowest BCUT2D eigenvalue weighted by Crippen LogP contribution is -2.45. The van der Waals surface area contributed by atoms with Crippen LogP contribution in [0.1, 0.15) is 34.1 Å². The van der Waals surface area contributed by atoms with Gasteiger partial charge in [-0.3, -0.25) is 0 Å². The van der Waals surface area contributed by atoms with Gasteiger partial charge in [0.25, 0.3) is 0 Å². The van der Waals surface area contributed by atoms with Crippen LogP contribution in [0.5, 0.6) is 0 Å². The Labute approximate surface area is 130 Å². The molecule has 0 amide bonds. The summed E-state index contributed by atoms with van der Waals surface area (Å²) in [4.78, 5) is 11.3. The monoisotopic (exact) mass is 314 g/mol. The smallest absolute Gasteiger partial charge is 0.335 e. The fourth-order valence-corrected chi connectivity index (χ4v) is 2.89. The van der Waals surface area contributed by atoms with Crippen LogP contribution in [0.15, 0.2) is 24.3 Å². The average molecular weight is 314 g/mol. The molecular weight excluding hydrogens is 284 g/mol. The van der Waals surface area contributed by atoms with Gasteiger partial charge in [-0.05, 0) is 36.2 Å². The molecule has 0 saturated heterocycles. The van der Waals surface area contributed by atoms with E-state index in [2.05, 4.69) is 51.8 Å². The minimum absolute atomic E-state index is 0.0575. The van der Waals surface area contributed by atoms with Crippen LogP contribution in [0, 0.1) is 0 Å². The van der Waals surface area contributed by atoms with Crippen molar-refractivity contribution in [2.45, 2.75) is 64.5 Å². The zero-order valence-corrected chi connectivity index (χ0v) is 15.4. The summed E-state index contributed by atoms with van der Waals surface area (Å²) in [6.45, 7) is 20.5. The number of hydrogen-bond donors (Lipinski definition) is 1. The van der Waals surface area contributed by atoms with Crippen LogP contribution in [0.3, 0.4) is 0 Å². The second-order valence-corrected chi connectivity index (χ2v) is 11.8. The van der Waals surface area contributed by atoms with Crippen molar-refractivity contribution in [2.24, 2.45) is 0 Å². The average Bonchev–Trinajstić information content (AvgIpc) is 2.32. The van der Waals surface area contributed by atoms with E-state index in [1.54, 1.807) is 0 Å². The maximum absolute atomic E-state index is 11.3. The number of aliphatic hydroxyl groups excluding tert-OH is 1. The third kappa shape index (κ3) is 5.77. The summed E-state index contributed by atoms with van der Waals surface area (Å²) < 4.78 is 10.8. The molecule has 0 bridgehead atoms. The lowest BCUT2D eigenvalue weighted by atomic mass is 10.0. The Kier molecular flexibility index (Phi) is 7.06. The van der Waals surface area contributed by atoms with Crippen molar-refractivity contribution in [3.63, 3.8) is 0 Å². The SMILES string of the molecule is C=C(C)[C@H](O[Si](C)(C)C(C)(C)C)C(=C)C[C@@H](O)C(=O)OC. The van der Waals surface area contributed by atoms with Crippen molar-refractivity contribution in [1.29, 1.82) is 0 Å². The number of hydrogen-bond acceptors (Lipinski definition) is 4. The standard InChI is InChI=1S/C16H30O4Si/c1-11(2)14(20-21(8,9)16(4,5)6)12(3)10-13(17)15(18)19-7/h13-14,17H,1,3,10H2,2,4-9H3/t13-,14+/m1/s1. The van der Waals surface area contributed by atoms with Gasteiger partial charge in [0.05, 0.1) is 13.2 Å². The fraction of sp³-hybridized carbons (Fsp3) is 0.688. The number of ether oxygens (including phenoxy) is 1. The van der Waals surface area contributed by atoms with Gasteiger partial charge in [-0.15, -0.1) is 0 Å².